The zero-order valence-corrected chi connectivity index (χ0v) is 26.7. The molecule has 2 aromatic carbocycles. The molecule has 0 saturated heterocycles. The molecule has 0 atom stereocenters. The average Bonchev–Trinajstić information content (AvgIpc) is 3.04. The van der Waals surface area contributed by atoms with Gasteiger partial charge in [-0.15, -0.1) is 0 Å². The third kappa shape index (κ3) is 15.3. The summed E-state index contributed by atoms with van der Waals surface area (Å²) in [5, 5.41) is 0. The molecule has 2 aliphatic carbocycles. The van der Waals surface area contributed by atoms with Gasteiger partial charge in [-0.1, -0.05) is 68.8 Å². The molecule has 2 aromatic rings. The first-order chi connectivity index (χ1) is 21.8. The number of unbranched alkanes of at least 4 members (excludes halogenated alkanes) is 1. The molecule has 8 heteroatoms. The topological polar surface area (TPSA) is 36.9 Å². The minimum absolute atomic E-state index is 0.195. The van der Waals surface area contributed by atoms with E-state index in [1.165, 1.54) is 6.42 Å². The van der Waals surface area contributed by atoms with Gasteiger partial charge in [0.05, 0.1) is 12.2 Å². The molecule has 0 aromatic heterocycles. The van der Waals surface area contributed by atoms with Gasteiger partial charge in [-0.25, -0.2) is 0 Å². The van der Waals surface area contributed by atoms with E-state index >= 15 is 0 Å². The van der Waals surface area contributed by atoms with E-state index in [9.17, 15) is 17.6 Å². The van der Waals surface area contributed by atoms with Crippen LogP contribution in [0.2, 0.25) is 0 Å². The second-order valence-corrected chi connectivity index (χ2v) is 11.8. The number of rotatable bonds is 15. The first-order valence-corrected chi connectivity index (χ1v) is 16.5. The largest absolute Gasteiger partial charge is 0.435 e. The van der Waals surface area contributed by atoms with Crippen molar-refractivity contribution in [1.29, 1.82) is 0 Å². The summed E-state index contributed by atoms with van der Waals surface area (Å²) in [5.74, 6) is 1.55. The first-order valence-electron chi connectivity index (χ1n) is 16.5. The number of alkyl halides is 4. The Morgan fingerprint density at radius 2 is 0.978 bits per heavy atom. The zero-order valence-electron chi connectivity index (χ0n) is 26.7. The maximum absolute atomic E-state index is 12.1. The van der Waals surface area contributed by atoms with Gasteiger partial charge >= 0.3 is 13.2 Å². The predicted molar refractivity (Wildman–Crippen MR) is 173 cm³/mol. The Hall–Kier alpha value is -2.84. The molecule has 0 bridgehead atoms. The van der Waals surface area contributed by atoms with E-state index in [4.69, 9.17) is 9.47 Å². The summed E-state index contributed by atoms with van der Waals surface area (Å²) in [6, 6.07) is 13.5. The Bertz CT molecular complexity index is 1090. The maximum Gasteiger partial charge on any atom is 0.387 e. The second kappa shape index (κ2) is 21.0. The van der Waals surface area contributed by atoms with Crippen LogP contribution in [0.25, 0.3) is 12.2 Å². The van der Waals surface area contributed by atoms with Gasteiger partial charge in [0.15, 0.2) is 0 Å². The molecule has 4 rings (SSSR count). The molecular weight excluding hydrogens is 584 g/mol. The monoisotopic (exact) mass is 634 g/mol. The highest BCUT2D eigenvalue weighted by Crippen LogP contribution is 2.29. The molecular formula is C37H50F4O4. The fourth-order valence-corrected chi connectivity index (χ4v) is 5.59. The van der Waals surface area contributed by atoms with Gasteiger partial charge < -0.3 is 18.9 Å². The molecule has 0 unspecified atom stereocenters. The number of halogens is 4. The molecule has 2 saturated carbocycles. The number of hydrogen-bond acceptors (Lipinski definition) is 4. The molecule has 0 amide bonds. The summed E-state index contributed by atoms with van der Waals surface area (Å²) < 4.78 is 68.7. The van der Waals surface area contributed by atoms with E-state index in [0.29, 0.717) is 24.0 Å². The highest BCUT2D eigenvalue weighted by molar-refractivity contribution is 5.51. The third-order valence-corrected chi connectivity index (χ3v) is 8.18. The lowest BCUT2D eigenvalue weighted by atomic mass is 9.87. The molecule has 45 heavy (non-hydrogen) atoms. The summed E-state index contributed by atoms with van der Waals surface area (Å²) in [5.41, 5.74) is 2.01. The number of benzene rings is 2. The van der Waals surface area contributed by atoms with Crippen LogP contribution < -0.4 is 9.47 Å². The van der Waals surface area contributed by atoms with Crippen LogP contribution in [0.5, 0.6) is 11.5 Å². The van der Waals surface area contributed by atoms with E-state index in [1.54, 1.807) is 48.5 Å². The zero-order chi connectivity index (χ0) is 32.3. The molecule has 0 heterocycles. The highest BCUT2D eigenvalue weighted by Gasteiger charge is 2.20. The average molecular weight is 635 g/mol. The fourth-order valence-electron chi connectivity index (χ4n) is 5.59. The molecule has 0 N–H and O–H groups in total. The fraction of sp³-hybridized carbons (Fsp3) is 0.568. The Morgan fingerprint density at radius 1 is 0.578 bits per heavy atom. The Kier molecular flexibility index (Phi) is 17.1. The van der Waals surface area contributed by atoms with Crippen LogP contribution in [0.3, 0.4) is 0 Å². The summed E-state index contributed by atoms with van der Waals surface area (Å²) >= 11 is 0. The van der Waals surface area contributed by atoms with Gasteiger partial charge in [-0.3, -0.25) is 0 Å². The van der Waals surface area contributed by atoms with Gasteiger partial charge in [0.25, 0.3) is 0 Å². The van der Waals surface area contributed by atoms with Crippen LogP contribution in [0.4, 0.5) is 17.6 Å². The van der Waals surface area contributed by atoms with Gasteiger partial charge in [-0.05, 0) is 111 Å². The SMILES string of the molecule is CCCCOC1CCC(C=Cc2ccc(OC(F)F)cc2)CC1.CCCOC1CCC(C=Cc2ccc(OC(F)F)cc2)CC1. The standard InChI is InChI=1S/C19H26F2O2.C18H24F2O2/c1-2-3-14-22-17-10-6-15(7-11-17)4-5-16-8-12-18(13-9-16)23-19(20)21;1-2-13-21-16-9-5-14(6-10-16)3-4-15-7-11-17(12-8-15)22-18(19)20/h4-5,8-9,12-13,15,17,19H,2-3,6-7,10-11,14H2,1H3;3-4,7-8,11-12,14,16,18H,2,5-6,9-10,13H2,1H3. The van der Waals surface area contributed by atoms with Crippen LogP contribution in [-0.4, -0.2) is 38.6 Å². The normalized spacial score (nSPS) is 22.1. The predicted octanol–water partition coefficient (Wildman–Crippen LogP) is 11.0. The summed E-state index contributed by atoms with van der Waals surface area (Å²) in [6.45, 7) is 0.508. The van der Waals surface area contributed by atoms with Crippen molar-refractivity contribution < 1.29 is 36.5 Å². The van der Waals surface area contributed by atoms with Gasteiger partial charge in [0.2, 0.25) is 0 Å². The number of allylic oxidation sites excluding steroid dienone is 2. The summed E-state index contributed by atoms with van der Waals surface area (Å²) in [6.07, 6.45) is 21.9. The van der Waals surface area contributed by atoms with Crippen LogP contribution in [0.1, 0.15) is 95.6 Å². The molecule has 2 aliphatic rings. The molecule has 0 aliphatic heterocycles. The Balaban J connectivity index is 0.000000246. The van der Waals surface area contributed by atoms with Crippen LogP contribution in [0, 0.1) is 11.8 Å². The lowest BCUT2D eigenvalue weighted by Crippen LogP contribution is -2.21. The van der Waals surface area contributed by atoms with Crippen molar-refractivity contribution in [1.82, 2.24) is 0 Å². The van der Waals surface area contributed by atoms with Crippen molar-refractivity contribution in [3.63, 3.8) is 0 Å². The van der Waals surface area contributed by atoms with E-state index in [2.05, 4.69) is 47.6 Å². The summed E-state index contributed by atoms with van der Waals surface area (Å²) in [4.78, 5) is 0. The van der Waals surface area contributed by atoms with Crippen LogP contribution in [-0.2, 0) is 9.47 Å². The van der Waals surface area contributed by atoms with Gasteiger partial charge in [0.1, 0.15) is 11.5 Å². The van der Waals surface area contributed by atoms with Crippen LogP contribution in [0.15, 0.2) is 60.7 Å². The molecule has 2 fully saturated rings. The van der Waals surface area contributed by atoms with E-state index < -0.39 is 13.2 Å². The minimum Gasteiger partial charge on any atom is -0.435 e. The van der Waals surface area contributed by atoms with Crippen molar-refractivity contribution in [2.24, 2.45) is 11.8 Å². The van der Waals surface area contributed by atoms with E-state index in [0.717, 1.165) is 88.5 Å². The lowest BCUT2D eigenvalue weighted by Gasteiger charge is -2.26. The second-order valence-electron chi connectivity index (χ2n) is 11.8. The lowest BCUT2D eigenvalue weighted by molar-refractivity contribution is -0.0505. The van der Waals surface area contributed by atoms with E-state index in [1.807, 2.05) is 0 Å². The van der Waals surface area contributed by atoms with Crippen molar-refractivity contribution in [2.45, 2.75) is 110 Å². The maximum atomic E-state index is 12.1. The smallest absolute Gasteiger partial charge is 0.387 e. The van der Waals surface area contributed by atoms with Gasteiger partial charge in [0, 0.05) is 13.2 Å². The van der Waals surface area contributed by atoms with Crippen molar-refractivity contribution in [2.75, 3.05) is 13.2 Å². The van der Waals surface area contributed by atoms with Crippen molar-refractivity contribution >= 4 is 12.2 Å². The van der Waals surface area contributed by atoms with Crippen molar-refractivity contribution in [3.8, 4) is 11.5 Å². The van der Waals surface area contributed by atoms with Crippen molar-refractivity contribution in [3.05, 3.63) is 71.8 Å². The molecule has 4 nitrogen and oxygen atoms in total. The third-order valence-electron chi connectivity index (χ3n) is 8.18. The Morgan fingerprint density at radius 3 is 1.33 bits per heavy atom. The van der Waals surface area contributed by atoms with Gasteiger partial charge in [-0.2, -0.15) is 17.6 Å². The molecule has 0 spiro atoms. The summed E-state index contributed by atoms with van der Waals surface area (Å²) in [7, 11) is 0. The highest BCUT2D eigenvalue weighted by atomic mass is 19.3. The number of ether oxygens (including phenoxy) is 4. The quantitative estimate of drug-likeness (QED) is 0.144. The first kappa shape index (κ1) is 36.6. The minimum atomic E-state index is -2.77. The number of hydrogen-bond donors (Lipinski definition) is 0. The van der Waals surface area contributed by atoms with E-state index in [-0.39, 0.29) is 11.5 Å². The van der Waals surface area contributed by atoms with Crippen LogP contribution >= 0.6 is 0 Å². The Labute approximate surface area is 266 Å². The molecule has 0 radical (unpaired) electrons. The molecule has 250 valence electrons.